The molecule has 0 bridgehead atoms. The highest BCUT2D eigenvalue weighted by atomic mass is 16.2. The predicted octanol–water partition coefficient (Wildman–Crippen LogP) is 1.18. The van der Waals surface area contributed by atoms with Crippen molar-refractivity contribution in [1.82, 2.24) is 15.6 Å². The smallest absolute Gasteiger partial charge is 0.234 e. The average Bonchev–Trinajstić information content (AvgIpc) is 3.10. The van der Waals surface area contributed by atoms with Gasteiger partial charge in [-0.05, 0) is 50.4 Å². The third-order valence-corrected chi connectivity index (χ3v) is 3.00. The number of aromatic nitrogens is 1. The minimum atomic E-state index is 0.0349. The van der Waals surface area contributed by atoms with Crippen LogP contribution in [0, 0.1) is 12.8 Å². The van der Waals surface area contributed by atoms with Gasteiger partial charge in [-0.2, -0.15) is 0 Å². The van der Waals surface area contributed by atoms with Gasteiger partial charge < -0.3 is 10.6 Å². The first-order valence-electron chi connectivity index (χ1n) is 6.07. The van der Waals surface area contributed by atoms with Crippen LogP contribution in [0.15, 0.2) is 18.3 Å². The molecule has 1 amide bonds. The van der Waals surface area contributed by atoms with Crippen LogP contribution in [-0.2, 0) is 4.79 Å². The Kier molecular flexibility index (Phi) is 3.74. The maximum Gasteiger partial charge on any atom is 0.234 e. The lowest BCUT2D eigenvalue weighted by Gasteiger charge is -2.18. The summed E-state index contributed by atoms with van der Waals surface area (Å²) in [6.07, 6.45) is 4.17. The molecule has 17 heavy (non-hydrogen) atoms. The van der Waals surface area contributed by atoms with Crippen molar-refractivity contribution in [3.63, 3.8) is 0 Å². The molecule has 1 aliphatic carbocycles. The van der Waals surface area contributed by atoms with Gasteiger partial charge in [-0.25, -0.2) is 0 Å². The van der Waals surface area contributed by atoms with Crippen LogP contribution in [0.1, 0.15) is 30.1 Å². The standard InChI is InChI=1S/C13H19N3O/c1-9-5-6-15-11(7-9)13(10-3-4-10)16-12(17)8-14-2/h5-7,10,13-14H,3-4,8H2,1-2H3,(H,16,17)/t13-/m0/s1. The van der Waals surface area contributed by atoms with Crippen molar-refractivity contribution in [2.75, 3.05) is 13.6 Å². The Hall–Kier alpha value is -1.42. The number of likely N-dealkylation sites (N-methyl/N-ethyl adjacent to an activating group) is 1. The Morgan fingerprint density at radius 1 is 1.59 bits per heavy atom. The Morgan fingerprint density at radius 3 is 2.94 bits per heavy atom. The van der Waals surface area contributed by atoms with Gasteiger partial charge in [0.1, 0.15) is 0 Å². The molecule has 0 saturated heterocycles. The maximum absolute atomic E-state index is 11.6. The molecule has 1 saturated carbocycles. The molecule has 0 radical (unpaired) electrons. The van der Waals surface area contributed by atoms with E-state index in [0.717, 1.165) is 5.69 Å². The summed E-state index contributed by atoms with van der Waals surface area (Å²) in [6.45, 7) is 2.40. The highest BCUT2D eigenvalue weighted by molar-refractivity contribution is 5.78. The first-order chi connectivity index (χ1) is 8.20. The lowest BCUT2D eigenvalue weighted by molar-refractivity contribution is -0.121. The second kappa shape index (κ2) is 5.27. The third-order valence-electron chi connectivity index (χ3n) is 3.00. The largest absolute Gasteiger partial charge is 0.346 e. The molecular formula is C13H19N3O. The minimum Gasteiger partial charge on any atom is -0.346 e. The fourth-order valence-corrected chi connectivity index (χ4v) is 1.98. The number of nitrogens with zero attached hydrogens (tertiary/aromatic N) is 1. The van der Waals surface area contributed by atoms with Crippen LogP contribution in [0.25, 0.3) is 0 Å². The van der Waals surface area contributed by atoms with Gasteiger partial charge in [0.25, 0.3) is 0 Å². The zero-order valence-electron chi connectivity index (χ0n) is 10.4. The first-order valence-corrected chi connectivity index (χ1v) is 6.07. The molecule has 1 aromatic rings. The zero-order chi connectivity index (χ0) is 12.3. The van der Waals surface area contributed by atoms with Crippen molar-refractivity contribution in [3.05, 3.63) is 29.6 Å². The molecule has 0 spiro atoms. The molecule has 0 aromatic carbocycles. The zero-order valence-corrected chi connectivity index (χ0v) is 10.4. The van der Waals surface area contributed by atoms with Crippen molar-refractivity contribution < 1.29 is 4.79 Å². The van der Waals surface area contributed by atoms with Crippen molar-refractivity contribution in [1.29, 1.82) is 0 Å². The number of amides is 1. The number of aryl methyl sites for hydroxylation is 1. The van der Waals surface area contributed by atoms with E-state index in [9.17, 15) is 4.79 Å². The first kappa shape index (κ1) is 12.0. The van der Waals surface area contributed by atoms with Gasteiger partial charge in [-0.3, -0.25) is 9.78 Å². The second-order valence-electron chi connectivity index (χ2n) is 4.67. The molecule has 1 fully saturated rings. The van der Waals surface area contributed by atoms with Crippen molar-refractivity contribution in [3.8, 4) is 0 Å². The molecule has 4 nitrogen and oxygen atoms in total. The van der Waals surface area contributed by atoms with E-state index in [0.29, 0.717) is 12.5 Å². The summed E-state index contributed by atoms with van der Waals surface area (Å²) in [5.74, 6) is 0.595. The molecule has 1 atom stereocenters. The topological polar surface area (TPSA) is 54.0 Å². The van der Waals surface area contributed by atoms with Crippen LogP contribution in [0.3, 0.4) is 0 Å². The van der Waals surface area contributed by atoms with Gasteiger partial charge in [0.2, 0.25) is 5.91 Å². The fraction of sp³-hybridized carbons (Fsp3) is 0.538. The Labute approximate surface area is 102 Å². The van der Waals surface area contributed by atoms with Gasteiger partial charge in [0.15, 0.2) is 0 Å². The van der Waals surface area contributed by atoms with Crippen LogP contribution in [-0.4, -0.2) is 24.5 Å². The SMILES string of the molecule is CNCC(=O)N[C@H](c1cc(C)ccn1)C1CC1. The summed E-state index contributed by atoms with van der Waals surface area (Å²) in [5, 5.41) is 5.92. The normalized spacial score (nSPS) is 16.6. The fourth-order valence-electron chi connectivity index (χ4n) is 1.98. The number of hydrogen-bond donors (Lipinski definition) is 2. The Morgan fingerprint density at radius 2 is 2.35 bits per heavy atom. The van der Waals surface area contributed by atoms with Crippen molar-refractivity contribution in [2.45, 2.75) is 25.8 Å². The molecule has 1 heterocycles. The Balaban J connectivity index is 2.09. The van der Waals surface area contributed by atoms with Crippen LogP contribution >= 0.6 is 0 Å². The lowest BCUT2D eigenvalue weighted by atomic mass is 10.1. The molecular weight excluding hydrogens is 214 g/mol. The summed E-state index contributed by atoms with van der Waals surface area (Å²) in [6, 6.07) is 4.11. The van der Waals surface area contributed by atoms with Crippen LogP contribution < -0.4 is 10.6 Å². The summed E-state index contributed by atoms with van der Waals surface area (Å²) >= 11 is 0. The molecule has 2 rings (SSSR count). The van der Waals surface area contributed by atoms with Crippen molar-refractivity contribution in [2.24, 2.45) is 5.92 Å². The van der Waals surface area contributed by atoms with E-state index in [1.165, 1.54) is 18.4 Å². The van der Waals surface area contributed by atoms with Gasteiger partial charge in [-0.15, -0.1) is 0 Å². The monoisotopic (exact) mass is 233 g/mol. The second-order valence-corrected chi connectivity index (χ2v) is 4.67. The minimum absolute atomic E-state index is 0.0349. The van der Waals surface area contributed by atoms with E-state index < -0.39 is 0 Å². The van der Waals surface area contributed by atoms with Gasteiger partial charge in [0, 0.05) is 6.20 Å². The maximum atomic E-state index is 11.6. The van der Waals surface area contributed by atoms with Gasteiger partial charge in [0.05, 0.1) is 18.3 Å². The van der Waals surface area contributed by atoms with Gasteiger partial charge in [-0.1, -0.05) is 0 Å². The van der Waals surface area contributed by atoms with Crippen LogP contribution in [0.5, 0.6) is 0 Å². The van der Waals surface area contributed by atoms with E-state index in [2.05, 4.69) is 21.7 Å². The van der Waals surface area contributed by atoms with Gasteiger partial charge >= 0.3 is 0 Å². The molecule has 0 unspecified atom stereocenters. The molecule has 1 aromatic heterocycles. The van der Waals surface area contributed by atoms with E-state index in [4.69, 9.17) is 0 Å². The molecule has 1 aliphatic rings. The van der Waals surface area contributed by atoms with E-state index in [1.54, 1.807) is 7.05 Å². The molecule has 4 heteroatoms. The van der Waals surface area contributed by atoms with E-state index >= 15 is 0 Å². The highest BCUT2D eigenvalue weighted by Crippen LogP contribution is 2.40. The number of carbonyl (C=O) groups is 1. The number of pyridine rings is 1. The Bertz CT molecular complexity index is 401. The van der Waals surface area contributed by atoms with Crippen LogP contribution in [0.2, 0.25) is 0 Å². The molecule has 0 aliphatic heterocycles. The molecule has 2 N–H and O–H groups in total. The van der Waals surface area contributed by atoms with Crippen molar-refractivity contribution >= 4 is 5.91 Å². The molecule has 92 valence electrons. The van der Waals surface area contributed by atoms with E-state index in [-0.39, 0.29) is 11.9 Å². The summed E-state index contributed by atoms with van der Waals surface area (Å²) < 4.78 is 0. The number of rotatable bonds is 5. The highest BCUT2D eigenvalue weighted by Gasteiger charge is 2.34. The van der Waals surface area contributed by atoms with Crippen LogP contribution in [0.4, 0.5) is 0 Å². The summed E-state index contributed by atoms with van der Waals surface area (Å²) in [7, 11) is 1.77. The number of nitrogens with one attached hydrogen (secondary N) is 2. The third kappa shape index (κ3) is 3.27. The lowest BCUT2D eigenvalue weighted by Crippen LogP contribution is -2.36. The quantitative estimate of drug-likeness (QED) is 0.803. The summed E-state index contributed by atoms with van der Waals surface area (Å²) in [5.41, 5.74) is 2.17. The summed E-state index contributed by atoms with van der Waals surface area (Å²) in [4.78, 5) is 16.0. The van der Waals surface area contributed by atoms with E-state index in [1.807, 2.05) is 19.2 Å². The predicted molar refractivity (Wildman–Crippen MR) is 66.5 cm³/mol. The number of hydrogen-bond acceptors (Lipinski definition) is 3. The average molecular weight is 233 g/mol. The number of carbonyl (C=O) groups excluding carboxylic acids is 1.